The van der Waals surface area contributed by atoms with E-state index in [-0.39, 0.29) is 10.9 Å². The second-order valence-corrected chi connectivity index (χ2v) is 9.58. The maximum Gasteiger partial charge on any atom is 0.321 e. The number of hydrogen-bond acceptors (Lipinski definition) is 4. The molecule has 8 heteroatoms. The number of carbonyl (C=O) groups excluding carboxylic acids is 1. The van der Waals surface area contributed by atoms with E-state index in [1.807, 2.05) is 31.2 Å². The fourth-order valence-corrected chi connectivity index (χ4v) is 3.92. The van der Waals surface area contributed by atoms with Gasteiger partial charge in [-0.05, 0) is 58.0 Å². The van der Waals surface area contributed by atoms with Crippen LogP contribution in [-0.4, -0.2) is 45.1 Å². The van der Waals surface area contributed by atoms with Crippen LogP contribution in [0.15, 0.2) is 53.4 Å². The molecule has 0 spiro atoms. The molecule has 0 fully saturated rings. The average molecular weight is 420 g/mol. The lowest BCUT2D eigenvalue weighted by molar-refractivity contribution is 0.207. The largest absolute Gasteiger partial charge is 0.492 e. The van der Waals surface area contributed by atoms with Crippen LogP contribution in [0.25, 0.3) is 0 Å². The van der Waals surface area contributed by atoms with Gasteiger partial charge in [0, 0.05) is 18.3 Å². The number of sulfonamides is 1. The third-order valence-electron chi connectivity index (χ3n) is 3.90. The van der Waals surface area contributed by atoms with Gasteiger partial charge in [0.1, 0.15) is 12.4 Å². The first-order chi connectivity index (χ1) is 13.5. The van der Waals surface area contributed by atoms with E-state index in [1.54, 1.807) is 40.0 Å². The molecule has 2 N–H and O–H groups in total. The van der Waals surface area contributed by atoms with Gasteiger partial charge in [0.15, 0.2) is 0 Å². The first kappa shape index (κ1) is 22.7. The number of rotatable bonds is 7. The average Bonchev–Trinajstić information content (AvgIpc) is 2.61. The van der Waals surface area contributed by atoms with E-state index < -0.39 is 15.6 Å². The summed E-state index contributed by atoms with van der Waals surface area (Å²) in [6.45, 7) is 8.03. The Bertz CT molecular complexity index is 935. The van der Waals surface area contributed by atoms with Crippen LogP contribution in [0.1, 0.15) is 26.3 Å². The molecule has 0 aromatic heterocycles. The predicted octanol–water partition coefficient (Wildman–Crippen LogP) is 3.61. The third-order valence-corrected chi connectivity index (χ3v) is 5.65. The maximum absolute atomic E-state index is 12.5. The van der Waals surface area contributed by atoms with Gasteiger partial charge in [-0.3, -0.25) is 0 Å². The van der Waals surface area contributed by atoms with Gasteiger partial charge >= 0.3 is 6.03 Å². The van der Waals surface area contributed by atoms with Crippen LogP contribution >= 0.6 is 0 Å². The number of hydrogen-bond donors (Lipinski definition) is 2. The normalized spacial score (nSPS) is 11.8. The van der Waals surface area contributed by atoms with Crippen molar-refractivity contribution in [1.82, 2.24) is 9.62 Å². The summed E-state index contributed by atoms with van der Waals surface area (Å²) in [5.74, 6) is 0.744. The molecule has 2 aromatic carbocycles. The molecule has 0 aliphatic rings. The summed E-state index contributed by atoms with van der Waals surface area (Å²) in [6.07, 6.45) is 0. The summed E-state index contributed by atoms with van der Waals surface area (Å²) in [6, 6.07) is 13.5. The van der Waals surface area contributed by atoms with Crippen molar-refractivity contribution in [2.24, 2.45) is 0 Å². The van der Waals surface area contributed by atoms with Crippen molar-refractivity contribution in [1.29, 1.82) is 0 Å². The highest BCUT2D eigenvalue weighted by Gasteiger charge is 2.22. The van der Waals surface area contributed by atoms with Gasteiger partial charge in [-0.25, -0.2) is 17.9 Å². The van der Waals surface area contributed by atoms with Gasteiger partial charge in [0.2, 0.25) is 10.0 Å². The van der Waals surface area contributed by atoms with Crippen LogP contribution in [0.3, 0.4) is 0 Å². The number of benzene rings is 2. The fraction of sp³-hybridized carbons (Fsp3) is 0.381. The minimum Gasteiger partial charge on any atom is -0.492 e. The lowest BCUT2D eigenvalue weighted by Gasteiger charge is -2.21. The fourth-order valence-electron chi connectivity index (χ4n) is 2.46. The highest BCUT2D eigenvalue weighted by molar-refractivity contribution is 7.89. The van der Waals surface area contributed by atoms with E-state index in [1.165, 1.54) is 17.0 Å². The van der Waals surface area contributed by atoms with Gasteiger partial charge in [0.05, 0.1) is 11.4 Å². The minimum atomic E-state index is -3.68. The zero-order valence-corrected chi connectivity index (χ0v) is 18.3. The Labute approximate surface area is 173 Å². The van der Waals surface area contributed by atoms with Crippen molar-refractivity contribution in [3.63, 3.8) is 0 Å². The maximum atomic E-state index is 12.5. The number of ether oxygens (including phenoxy) is 1. The van der Waals surface area contributed by atoms with Crippen molar-refractivity contribution in [2.45, 2.75) is 38.1 Å². The first-order valence-electron chi connectivity index (χ1n) is 9.32. The van der Waals surface area contributed by atoms with Crippen LogP contribution in [0, 0.1) is 6.92 Å². The first-order valence-corrected chi connectivity index (χ1v) is 10.8. The zero-order chi connectivity index (χ0) is 21.7. The number of urea groups is 1. The Hall–Kier alpha value is -2.58. The zero-order valence-electron chi connectivity index (χ0n) is 17.5. The second-order valence-electron chi connectivity index (χ2n) is 7.90. The summed E-state index contributed by atoms with van der Waals surface area (Å²) in [4.78, 5) is 14.0. The van der Waals surface area contributed by atoms with Gasteiger partial charge in [0.25, 0.3) is 0 Å². The van der Waals surface area contributed by atoms with Gasteiger partial charge in [-0.1, -0.05) is 23.8 Å². The third kappa shape index (κ3) is 7.40. The molecule has 0 unspecified atom stereocenters. The second kappa shape index (κ2) is 9.28. The molecule has 2 amide bonds. The van der Waals surface area contributed by atoms with Crippen LogP contribution in [-0.2, 0) is 10.0 Å². The van der Waals surface area contributed by atoms with Crippen molar-refractivity contribution >= 4 is 21.7 Å². The lowest BCUT2D eigenvalue weighted by atomic mass is 10.1. The monoisotopic (exact) mass is 419 g/mol. The van der Waals surface area contributed by atoms with Crippen LogP contribution in [0.2, 0.25) is 0 Å². The van der Waals surface area contributed by atoms with Crippen LogP contribution in [0.5, 0.6) is 5.75 Å². The Morgan fingerprint density at radius 1 is 1.10 bits per heavy atom. The van der Waals surface area contributed by atoms with E-state index in [2.05, 4.69) is 10.0 Å². The van der Waals surface area contributed by atoms with E-state index in [0.29, 0.717) is 18.8 Å². The Kier molecular flexibility index (Phi) is 7.26. The molecule has 2 rings (SSSR count). The number of likely N-dealkylation sites (N-methyl/N-ethyl adjacent to an activating group) is 1. The van der Waals surface area contributed by atoms with Gasteiger partial charge in [-0.15, -0.1) is 0 Å². The SMILES string of the molecule is Cc1ccc(OCCN(C)C(=O)Nc2cccc(S(=O)(=O)NC(C)(C)C)c2)cc1. The predicted molar refractivity (Wildman–Crippen MR) is 115 cm³/mol. The smallest absolute Gasteiger partial charge is 0.321 e. The van der Waals surface area contributed by atoms with E-state index in [0.717, 1.165) is 11.3 Å². The van der Waals surface area contributed by atoms with Crippen LogP contribution in [0.4, 0.5) is 10.5 Å². The topological polar surface area (TPSA) is 87.7 Å². The van der Waals surface area contributed by atoms with Gasteiger partial charge in [-0.2, -0.15) is 0 Å². The van der Waals surface area contributed by atoms with Crippen molar-refractivity contribution in [3.05, 3.63) is 54.1 Å². The minimum absolute atomic E-state index is 0.0931. The summed E-state index contributed by atoms with van der Waals surface area (Å²) in [5, 5.41) is 2.71. The molecule has 0 radical (unpaired) electrons. The molecule has 0 aliphatic carbocycles. The molecule has 29 heavy (non-hydrogen) atoms. The molecule has 0 saturated heterocycles. The molecule has 0 atom stereocenters. The Morgan fingerprint density at radius 3 is 2.38 bits per heavy atom. The Balaban J connectivity index is 1.93. The molecular weight excluding hydrogens is 390 g/mol. The molecule has 7 nitrogen and oxygen atoms in total. The summed E-state index contributed by atoms with van der Waals surface area (Å²) in [7, 11) is -2.03. The number of nitrogens with one attached hydrogen (secondary N) is 2. The number of carbonyl (C=O) groups is 1. The number of amides is 2. The summed E-state index contributed by atoms with van der Waals surface area (Å²) < 4.78 is 33.2. The highest BCUT2D eigenvalue weighted by Crippen LogP contribution is 2.18. The van der Waals surface area contributed by atoms with E-state index >= 15 is 0 Å². The molecule has 0 heterocycles. The molecule has 2 aromatic rings. The quantitative estimate of drug-likeness (QED) is 0.718. The molecule has 0 bridgehead atoms. The van der Waals surface area contributed by atoms with Crippen molar-refractivity contribution < 1.29 is 17.9 Å². The number of anilines is 1. The van der Waals surface area contributed by atoms with Crippen molar-refractivity contribution in [2.75, 3.05) is 25.5 Å². The Morgan fingerprint density at radius 2 is 1.76 bits per heavy atom. The molecule has 0 aliphatic heterocycles. The molecule has 158 valence electrons. The lowest BCUT2D eigenvalue weighted by Crippen LogP contribution is -2.40. The standard InChI is InChI=1S/C21H29N3O4S/c1-16-9-11-18(12-10-16)28-14-13-24(5)20(25)22-17-7-6-8-19(15-17)29(26,27)23-21(2,3)4/h6-12,15,23H,13-14H2,1-5H3,(H,22,25). The van der Waals surface area contributed by atoms with E-state index in [9.17, 15) is 13.2 Å². The summed E-state index contributed by atoms with van der Waals surface area (Å²) >= 11 is 0. The highest BCUT2D eigenvalue weighted by atomic mass is 32.2. The van der Waals surface area contributed by atoms with E-state index in [4.69, 9.17) is 4.74 Å². The molecule has 0 saturated carbocycles. The van der Waals surface area contributed by atoms with Gasteiger partial charge < -0.3 is 15.0 Å². The summed E-state index contributed by atoms with van der Waals surface area (Å²) in [5.41, 5.74) is 0.948. The molecular formula is C21H29N3O4S. The van der Waals surface area contributed by atoms with Crippen molar-refractivity contribution in [3.8, 4) is 5.75 Å². The number of nitrogens with zero attached hydrogens (tertiary/aromatic N) is 1. The van der Waals surface area contributed by atoms with Crippen LogP contribution < -0.4 is 14.8 Å². The number of aryl methyl sites for hydroxylation is 1.